The minimum absolute atomic E-state index is 0.0101. The third kappa shape index (κ3) is 6.22. The fourth-order valence-electron chi connectivity index (χ4n) is 4.99. The van der Waals surface area contributed by atoms with Crippen LogP contribution in [0.3, 0.4) is 0 Å². The van der Waals surface area contributed by atoms with Crippen molar-refractivity contribution in [2.75, 3.05) is 41.0 Å². The Bertz CT molecular complexity index is 1070. The highest BCUT2D eigenvalue weighted by Gasteiger charge is 2.32. The largest absolute Gasteiger partial charge is 0.493 e. The average molecular weight is 497 g/mol. The maximum absolute atomic E-state index is 12.7. The number of likely N-dealkylation sites (tertiary alicyclic amines) is 1. The molecule has 2 amide bonds. The molecule has 0 bridgehead atoms. The lowest BCUT2D eigenvalue weighted by atomic mass is 9.98. The molecule has 194 valence electrons. The molecule has 0 aromatic heterocycles. The van der Waals surface area contributed by atoms with Crippen molar-refractivity contribution in [2.45, 2.75) is 50.5 Å². The second-order valence-corrected chi connectivity index (χ2v) is 9.40. The number of ether oxygens (including phenoxy) is 4. The molecule has 36 heavy (non-hydrogen) atoms. The van der Waals surface area contributed by atoms with Gasteiger partial charge >= 0.3 is 0 Å². The summed E-state index contributed by atoms with van der Waals surface area (Å²) in [6, 6.07) is 11.6. The van der Waals surface area contributed by atoms with Crippen LogP contribution in [-0.2, 0) is 16.0 Å². The molecule has 1 unspecified atom stereocenters. The van der Waals surface area contributed by atoms with Gasteiger partial charge in [0, 0.05) is 25.4 Å². The van der Waals surface area contributed by atoms with E-state index in [4.69, 9.17) is 18.9 Å². The van der Waals surface area contributed by atoms with Gasteiger partial charge in [0.1, 0.15) is 0 Å². The van der Waals surface area contributed by atoms with Gasteiger partial charge < -0.3 is 29.2 Å². The second kappa shape index (κ2) is 12.0. The molecule has 1 aliphatic carbocycles. The summed E-state index contributed by atoms with van der Waals surface area (Å²) in [7, 11) is 4.83. The van der Waals surface area contributed by atoms with Crippen molar-refractivity contribution < 1.29 is 28.5 Å². The molecule has 2 fully saturated rings. The summed E-state index contributed by atoms with van der Waals surface area (Å²) in [4.78, 5) is 26.9. The molecule has 1 atom stereocenters. The fourth-order valence-corrected chi connectivity index (χ4v) is 4.99. The maximum atomic E-state index is 12.7. The van der Waals surface area contributed by atoms with Gasteiger partial charge in [-0.25, -0.2) is 0 Å². The van der Waals surface area contributed by atoms with E-state index in [9.17, 15) is 9.59 Å². The molecule has 1 N–H and O–H groups in total. The van der Waals surface area contributed by atoms with Crippen LogP contribution >= 0.6 is 0 Å². The molecule has 4 rings (SSSR count). The summed E-state index contributed by atoms with van der Waals surface area (Å²) in [5.74, 6) is 2.62. The molecule has 1 heterocycles. The number of hydrogen-bond acceptors (Lipinski definition) is 6. The van der Waals surface area contributed by atoms with Gasteiger partial charge in [-0.1, -0.05) is 12.1 Å². The lowest BCUT2D eigenvalue weighted by Crippen LogP contribution is -2.38. The monoisotopic (exact) mass is 496 g/mol. The molecular weight excluding hydrogens is 460 g/mol. The van der Waals surface area contributed by atoms with Crippen molar-refractivity contribution in [1.82, 2.24) is 10.2 Å². The first-order valence-corrected chi connectivity index (χ1v) is 12.6. The Hall–Kier alpha value is -3.42. The summed E-state index contributed by atoms with van der Waals surface area (Å²) in [5, 5.41) is 2.92. The van der Waals surface area contributed by atoms with Crippen LogP contribution in [0, 0.1) is 0 Å². The predicted octanol–water partition coefficient (Wildman–Crippen LogP) is 3.71. The lowest BCUT2D eigenvalue weighted by Gasteiger charge is -2.19. The molecule has 1 saturated carbocycles. The van der Waals surface area contributed by atoms with Gasteiger partial charge in [0.2, 0.25) is 11.8 Å². The topological polar surface area (TPSA) is 86.3 Å². The number of carbonyl (C=O) groups excluding carboxylic acids is 2. The van der Waals surface area contributed by atoms with Crippen LogP contribution in [0.4, 0.5) is 0 Å². The highest BCUT2D eigenvalue weighted by Crippen LogP contribution is 2.37. The molecule has 1 aliphatic heterocycles. The molecule has 0 radical (unpaired) electrons. The zero-order valence-electron chi connectivity index (χ0n) is 21.4. The summed E-state index contributed by atoms with van der Waals surface area (Å²) < 4.78 is 22.3. The minimum Gasteiger partial charge on any atom is -0.493 e. The minimum atomic E-state index is -0.163. The van der Waals surface area contributed by atoms with E-state index in [1.54, 1.807) is 26.2 Å². The molecule has 1 saturated heterocycles. The first-order chi connectivity index (χ1) is 17.5. The van der Waals surface area contributed by atoms with Crippen molar-refractivity contribution in [1.29, 1.82) is 0 Å². The van der Waals surface area contributed by atoms with Crippen LogP contribution < -0.4 is 24.3 Å². The van der Waals surface area contributed by atoms with Crippen molar-refractivity contribution in [3.05, 3.63) is 47.5 Å². The van der Waals surface area contributed by atoms with Crippen molar-refractivity contribution in [3.8, 4) is 23.0 Å². The zero-order valence-corrected chi connectivity index (χ0v) is 21.4. The highest BCUT2D eigenvalue weighted by molar-refractivity contribution is 5.86. The smallest absolute Gasteiger partial charge is 0.239 e. The van der Waals surface area contributed by atoms with Crippen molar-refractivity contribution in [3.63, 3.8) is 0 Å². The Morgan fingerprint density at radius 1 is 0.944 bits per heavy atom. The first-order valence-electron chi connectivity index (χ1n) is 12.6. The third-order valence-electron chi connectivity index (χ3n) is 6.99. The number of benzene rings is 2. The van der Waals surface area contributed by atoms with Crippen LogP contribution in [0.15, 0.2) is 36.4 Å². The number of hydrogen-bond donors (Lipinski definition) is 1. The molecule has 2 aromatic rings. The number of nitrogens with zero attached hydrogens (tertiary/aromatic N) is 1. The van der Waals surface area contributed by atoms with Crippen molar-refractivity contribution >= 4 is 11.8 Å². The predicted molar refractivity (Wildman–Crippen MR) is 136 cm³/mol. The van der Waals surface area contributed by atoms with E-state index in [0.717, 1.165) is 29.7 Å². The van der Waals surface area contributed by atoms with E-state index in [1.807, 2.05) is 36.4 Å². The Balaban J connectivity index is 1.29. The van der Waals surface area contributed by atoms with Crippen LogP contribution in [0.25, 0.3) is 0 Å². The lowest BCUT2D eigenvalue weighted by molar-refractivity contribution is -0.133. The van der Waals surface area contributed by atoms with Crippen LogP contribution in [0.1, 0.15) is 49.1 Å². The van der Waals surface area contributed by atoms with E-state index in [-0.39, 0.29) is 30.4 Å². The number of carbonyl (C=O) groups is 2. The van der Waals surface area contributed by atoms with Crippen LogP contribution in [0.5, 0.6) is 23.0 Å². The third-order valence-corrected chi connectivity index (χ3v) is 6.99. The Kier molecular flexibility index (Phi) is 8.57. The van der Waals surface area contributed by atoms with Gasteiger partial charge in [0.25, 0.3) is 0 Å². The summed E-state index contributed by atoms with van der Waals surface area (Å²) >= 11 is 0. The molecule has 2 aromatic carbocycles. The van der Waals surface area contributed by atoms with Gasteiger partial charge in [-0.15, -0.1) is 0 Å². The van der Waals surface area contributed by atoms with Gasteiger partial charge in [-0.2, -0.15) is 0 Å². The van der Waals surface area contributed by atoms with Gasteiger partial charge in [-0.3, -0.25) is 9.59 Å². The molecule has 8 nitrogen and oxygen atoms in total. The van der Waals surface area contributed by atoms with Crippen molar-refractivity contribution in [2.24, 2.45) is 0 Å². The average Bonchev–Trinajstić information content (AvgIpc) is 3.53. The Morgan fingerprint density at radius 3 is 2.36 bits per heavy atom. The number of amides is 2. The van der Waals surface area contributed by atoms with Crippen LogP contribution in [-0.4, -0.2) is 63.8 Å². The normalized spacial score (nSPS) is 17.8. The van der Waals surface area contributed by atoms with E-state index < -0.39 is 0 Å². The second-order valence-electron chi connectivity index (χ2n) is 9.40. The Labute approximate surface area is 212 Å². The number of rotatable bonds is 11. The van der Waals surface area contributed by atoms with E-state index >= 15 is 0 Å². The number of nitrogens with one attached hydrogen (secondary N) is 1. The van der Waals surface area contributed by atoms with E-state index in [2.05, 4.69) is 5.32 Å². The molecule has 8 heteroatoms. The number of methoxy groups -OCH3 is 3. The molecule has 2 aliphatic rings. The maximum Gasteiger partial charge on any atom is 0.239 e. The summed E-state index contributed by atoms with van der Waals surface area (Å²) in [6.45, 7) is 1.04. The van der Waals surface area contributed by atoms with E-state index in [0.29, 0.717) is 43.2 Å². The van der Waals surface area contributed by atoms with Crippen LogP contribution in [0.2, 0.25) is 0 Å². The zero-order chi connectivity index (χ0) is 25.5. The van der Waals surface area contributed by atoms with E-state index in [1.165, 1.54) is 12.8 Å². The van der Waals surface area contributed by atoms with Gasteiger partial charge in [0.05, 0.1) is 34.0 Å². The standard InChI is InChI=1S/C28H36N2O6/c1-33-23-10-8-19(14-25(23)35-3)12-13-29-27(31)18-30-17-21(16-28(30)32)20-9-11-24(34-2)26(15-20)36-22-6-4-5-7-22/h8-11,14-15,21-22H,4-7,12-13,16-18H2,1-3H3,(H,29,31). The fraction of sp³-hybridized carbons (Fsp3) is 0.500. The molecular formula is C28H36N2O6. The SMILES string of the molecule is COc1ccc(CCNC(=O)CN2CC(c3ccc(OC)c(OC4CCCC4)c3)CC2=O)cc1OC. The Morgan fingerprint density at radius 2 is 1.64 bits per heavy atom. The first kappa shape index (κ1) is 25.7. The summed E-state index contributed by atoms with van der Waals surface area (Å²) in [6.07, 6.45) is 5.75. The quantitative estimate of drug-likeness (QED) is 0.511. The molecule has 0 spiro atoms. The van der Waals surface area contributed by atoms with Gasteiger partial charge in [0.15, 0.2) is 23.0 Å². The van der Waals surface area contributed by atoms with Gasteiger partial charge in [-0.05, 0) is 67.5 Å². The summed E-state index contributed by atoms with van der Waals surface area (Å²) in [5.41, 5.74) is 2.06. The highest BCUT2D eigenvalue weighted by atomic mass is 16.5.